The van der Waals surface area contributed by atoms with Crippen LogP contribution in [-0.2, 0) is 9.53 Å². The quantitative estimate of drug-likeness (QED) is 0.908. The number of carboxylic acids is 1. The van der Waals surface area contributed by atoms with Crippen molar-refractivity contribution in [2.24, 2.45) is 5.41 Å². The molecule has 0 radical (unpaired) electrons. The molecule has 2 aromatic rings. The van der Waals surface area contributed by atoms with Crippen molar-refractivity contribution in [3.8, 4) is 6.07 Å². The van der Waals surface area contributed by atoms with E-state index in [2.05, 4.69) is 11.1 Å². The van der Waals surface area contributed by atoms with Gasteiger partial charge in [-0.05, 0) is 36.6 Å². The lowest BCUT2D eigenvalue weighted by atomic mass is 9.75. The van der Waals surface area contributed by atoms with Crippen LogP contribution in [0, 0.1) is 16.7 Å². The highest BCUT2D eigenvalue weighted by atomic mass is 16.5. The number of hydrogen-bond donors (Lipinski definition) is 2. The van der Waals surface area contributed by atoms with Gasteiger partial charge < -0.3 is 14.8 Å². The Labute approximate surface area is 128 Å². The Morgan fingerprint density at radius 3 is 3.09 bits per heavy atom. The van der Waals surface area contributed by atoms with Crippen LogP contribution in [0.25, 0.3) is 10.9 Å². The molecule has 2 unspecified atom stereocenters. The molecule has 22 heavy (non-hydrogen) atoms. The van der Waals surface area contributed by atoms with E-state index in [1.165, 1.54) is 0 Å². The van der Waals surface area contributed by atoms with E-state index in [9.17, 15) is 9.90 Å². The second-order valence-electron chi connectivity index (χ2n) is 5.96. The number of aromatic nitrogens is 1. The summed E-state index contributed by atoms with van der Waals surface area (Å²) in [5.41, 5.74) is 1.60. The van der Waals surface area contributed by atoms with Crippen LogP contribution >= 0.6 is 0 Å². The number of H-pyrrole nitrogens is 1. The molecular weight excluding hydrogens is 280 g/mol. The molecule has 0 amide bonds. The average molecular weight is 298 g/mol. The Hall–Kier alpha value is -2.32. The van der Waals surface area contributed by atoms with Crippen LogP contribution in [0.3, 0.4) is 0 Å². The smallest absolute Gasteiger partial charge is 0.312 e. The number of nitrogens with one attached hydrogen (secondary N) is 1. The number of fused-ring (bicyclic) bond motifs is 1. The van der Waals surface area contributed by atoms with E-state index in [4.69, 9.17) is 10.00 Å². The second-order valence-corrected chi connectivity index (χ2v) is 5.96. The van der Waals surface area contributed by atoms with E-state index in [-0.39, 0.29) is 12.5 Å². The average Bonchev–Trinajstić information content (AvgIpc) is 3.11. The largest absolute Gasteiger partial charge is 0.481 e. The monoisotopic (exact) mass is 298 g/mol. The van der Waals surface area contributed by atoms with Gasteiger partial charge in [0.2, 0.25) is 0 Å². The number of aromatic amines is 1. The van der Waals surface area contributed by atoms with Gasteiger partial charge in [0.15, 0.2) is 0 Å². The Bertz CT molecular complexity index is 759. The third kappa shape index (κ3) is 2.08. The molecule has 114 valence electrons. The Kier molecular flexibility index (Phi) is 3.63. The number of methoxy groups -OCH3 is 1. The molecule has 1 aromatic carbocycles. The summed E-state index contributed by atoms with van der Waals surface area (Å²) in [5, 5.41) is 19.8. The molecule has 1 heterocycles. The minimum atomic E-state index is -0.882. The fourth-order valence-electron chi connectivity index (χ4n) is 3.77. The summed E-state index contributed by atoms with van der Waals surface area (Å²) >= 11 is 0. The Balaban J connectivity index is 2.13. The zero-order chi connectivity index (χ0) is 15.7. The van der Waals surface area contributed by atoms with Gasteiger partial charge in [-0.3, -0.25) is 4.79 Å². The zero-order valence-electron chi connectivity index (χ0n) is 12.4. The zero-order valence-corrected chi connectivity index (χ0v) is 12.4. The third-order valence-corrected chi connectivity index (χ3v) is 4.83. The molecule has 2 atom stereocenters. The predicted octanol–water partition coefficient (Wildman–Crippen LogP) is 3.02. The molecule has 1 aliphatic rings. The minimum Gasteiger partial charge on any atom is -0.481 e. The van der Waals surface area contributed by atoms with Crippen LogP contribution in [0.1, 0.15) is 36.3 Å². The summed E-state index contributed by atoms with van der Waals surface area (Å²) in [4.78, 5) is 15.1. The van der Waals surface area contributed by atoms with Gasteiger partial charge in [0.1, 0.15) is 0 Å². The molecule has 0 spiro atoms. The van der Waals surface area contributed by atoms with Gasteiger partial charge in [-0.25, -0.2) is 0 Å². The van der Waals surface area contributed by atoms with E-state index in [1.54, 1.807) is 13.2 Å². The summed E-state index contributed by atoms with van der Waals surface area (Å²) in [5.74, 6) is -0.907. The molecule has 1 saturated carbocycles. The van der Waals surface area contributed by atoms with Gasteiger partial charge in [-0.2, -0.15) is 5.26 Å². The fraction of sp³-hybridized carbons (Fsp3) is 0.412. The van der Waals surface area contributed by atoms with Crippen LogP contribution in [0.2, 0.25) is 0 Å². The van der Waals surface area contributed by atoms with Crippen LogP contribution in [-0.4, -0.2) is 29.8 Å². The lowest BCUT2D eigenvalue weighted by Gasteiger charge is -2.30. The van der Waals surface area contributed by atoms with E-state index < -0.39 is 11.4 Å². The van der Waals surface area contributed by atoms with Crippen LogP contribution < -0.4 is 0 Å². The first-order valence-electron chi connectivity index (χ1n) is 7.36. The summed E-state index contributed by atoms with van der Waals surface area (Å²) in [6.45, 7) is 0.206. The van der Waals surface area contributed by atoms with Gasteiger partial charge in [-0.1, -0.05) is 6.42 Å². The molecule has 2 N–H and O–H groups in total. The van der Waals surface area contributed by atoms with Crippen LogP contribution in [0.15, 0.2) is 24.4 Å². The van der Waals surface area contributed by atoms with Crippen molar-refractivity contribution in [1.29, 1.82) is 5.26 Å². The third-order valence-electron chi connectivity index (χ3n) is 4.83. The van der Waals surface area contributed by atoms with Crippen molar-refractivity contribution < 1.29 is 14.6 Å². The van der Waals surface area contributed by atoms with Crippen LogP contribution in [0.5, 0.6) is 0 Å². The number of aliphatic carboxylic acids is 1. The maximum atomic E-state index is 11.9. The fourth-order valence-corrected chi connectivity index (χ4v) is 3.77. The standard InChI is InChI=1S/C17H18N2O3/c1-22-10-17(16(20)21)6-2-3-14(17)13-9-19-15-5-4-11(8-18)7-12(13)15/h4-5,7,9,14,19H,2-3,6,10H2,1H3,(H,20,21). The molecule has 3 rings (SSSR count). The molecule has 5 heteroatoms. The molecule has 1 fully saturated rings. The van der Waals surface area contributed by atoms with Crippen molar-refractivity contribution in [3.05, 3.63) is 35.5 Å². The van der Waals surface area contributed by atoms with E-state index in [1.807, 2.05) is 18.3 Å². The van der Waals surface area contributed by atoms with Gasteiger partial charge in [0.05, 0.1) is 23.7 Å². The SMILES string of the molecule is COCC1(C(=O)O)CCCC1c1c[nH]c2ccc(C#N)cc12. The number of carboxylic acid groups (broad SMARTS) is 1. The number of ether oxygens (including phenoxy) is 1. The number of nitrogens with zero attached hydrogens (tertiary/aromatic N) is 1. The first-order chi connectivity index (χ1) is 10.6. The highest BCUT2D eigenvalue weighted by Crippen LogP contribution is 2.51. The van der Waals surface area contributed by atoms with Gasteiger partial charge in [-0.15, -0.1) is 0 Å². The predicted molar refractivity (Wildman–Crippen MR) is 81.6 cm³/mol. The highest BCUT2D eigenvalue weighted by Gasteiger charge is 2.50. The first-order valence-corrected chi connectivity index (χ1v) is 7.36. The van der Waals surface area contributed by atoms with Gasteiger partial charge in [0.25, 0.3) is 0 Å². The first kappa shape index (κ1) is 14.6. The Morgan fingerprint density at radius 2 is 2.41 bits per heavy atom. The van der Waals surface area contributed by atoms with Crippen LogP contribution in [0.4, 0.5) is 0 Å². The molecule has 1 aromatic heterocycles. The van der Waals surface area contributed by atoms with Crippen molar-refractivity contribution in [1.82, 2.24) is 4.98 Å². The molecule has 5 nitrogen and oxygen atoms in total. The summed E-state index contributed by atoms with van der Waals surface area (Å²) in [7, 11) is 1.54. The lowest BCUT2D eigenvalue weighted by molar-refractivity contribution is -0.153. The van der Waals surface area contributed by atoms with Gasteiger partial charge >= 0.3 is 5.97 Å². The molecular formula is C17H18N2O3. The van der Waals surface area contributed by atoms with Crippen molar-refractivity contribution in [3.63, 3.8) is 0 Å². The van der Waals surface area contributed by atoms with E-state index >= 15 is 0 Å². The normalized spacial score (nSPS) is 24.5. The topological polar surface area (TPSA) is 86.1 Å². The van der Waals surface area contributed by atoms with E-state index in [0.717, 1.165) is 29.3 Å². The summed E-state index contributed by atoms with van der Waals surface area (Å²) in [6, 6.07) is 7.60. The molecule has 0 bridgehead atoms. The second kappa shape index (κ2) is 5.47. The lowest BCUT2D eigenvalue weighted by Crippen LogP contribution is -2.37. The number of benzene rings is 1. The maximum absolute atomic E-state index is 11.9. The number of rotatable bonds is 4. The van der Waals surface area contributed by atoms with Crippen molar-refractivity contribution in [2.75, 3.05) is 13.7 Å². The van der Waals surface area contributed by atoms with Gasteiger partial charge in [0, 0.05) is 30.1 Å². The van der Waals surface area contributed by atoms with E-state index in [0.29, 0.717) is 12.0 Å². The molecule has 0 saturated heterocycles. The maximum Gasteiger partial charge on any atom is 0.312 e. The number of carbonyl (C=O) groups is 1. The minimum absolute atomic E-state index is 0.104. The van der Waals surface area contributed by atoms with Crippen molar-refractivity contribution >= 4 is 16.9 Å². The number of hydrogen-bond acceptors (Lipinski definition) is 3. The summed E-state index contributed by atoms with van der Waals surface area (Å²) in [6.07, 6.45) is 4.19. The highest BCUT2D eigenvalue weighted by molar-refractivity contribution is 5.87. The molecule has 1 aliphatic carbocycles. The van der Waals surface area contributed by atoms with Crippen molar-refractivity contribution in [2.45, 2.75) is 25.2 Å². The molecule has 0 aliphatic heterocycles. The Morgan fingerprint density at radius 1 is 1.59 bits per heavy atom. The summed E-state index contributed by atoms with van der Waals surface area (Å²) < 4.78 is 5.23. The number of nitriles is 1.